The molecule has 4 nitrogen and oxygen atoms in total. The zero-order valence-corrected chi connectivity index (χ0v) is 16.2. The second-order valence-corrected chi connectivity index (χ2v) is 6.85. The van der Waals surface area contributed by atoms with Gasteiger partial charge in [-0.15, -0.1) is 0 Å². The van der Waals surface area contributed by atoms with E-state index in [1.807, 2.05) is 33.8 Å². The maximum atomic E-state index is 11.6. The minimum absolute atomic E-state index is 0.0936. The molecule has 0 spiro atoms. The summed E-state index contributed by atoms with van der Waals surface area (Å²) >= 11 is 0. The van der Waals surface area contributed by atoms with Gasteiger partial charge in [0.25, 0.3) is 0 Å². The summed E-state index contributed by atoms with van der Waals surface area (Å²) in [5, 5.41) is 0. The molecule has 0 bridgehead atoms. The fourth-order valence-electron chi connectivity index (χ4n) is 1.82. The zero-order valence-electron chi connectivity index (χ0n) is 16.2. The highest BCUT2D eigenvalue weighted by atomic mass is 16.5. The molecule has 0 rings (SSSR count). The summed E-state index contributed by atoms with van der Waals surface area (Å²) in [6, 6.07) is 0. The van der Waals surface area contributed by atoms with Gasteiger partial charge in [-0.05, 0) is 59.0 Å². The van der Waals surface area contributed by atoms with Gasteiger partial charge in [-0.25, -0.2) is 0 Å². The Morgan fingerprint density at radius 3 is 2.12 bits per heavy atom. The number of esters is 2. The number of carbonyl (C=O) groups is 2. The molecule has 24 heavy (non-hydrogen) atoms. The number of hydrogen-bond donors (Lipinski definition) is 0. The molecule has 4 heteroatoms. The Labute approximate surface area is 147 Å². The molecule has 0 saturated heterocycles. The van der Waals surface area contributed by atoms with Gasteiger partial charge in [-0.1, -0.05) is 31.1 Å². The fourth-order valence-corrected chi connectivity index (χ4v) is 1.82. The molecular weight excluding hydrogens is 304 g/mol. The normalized spacial score (nSPS) is 12.7. The van der Waals surface area contributed by atoms with E-state index >= 15 is 0 Å². The Bertz CT molecular complexity index is 443. The summed E-state index contributed by atoms with van der Waals surface area (Å²) < 4.78 is 10.4. The number of allylic oxidation sites excluding steroid dienone is 3. The maximum absolute atomic E-state index is 11.6. The van der Waals surface area contributed by atoms with E-state index in [9.17, 15) is 9.59 Å². The molecule has 0 N–H and O–H groups in total. The molecule has 0 fully saturated rings. The minimum atomic E-state index is -0.270. The molecule has 0 radical (unpaired) electrons. The lowest BCUT2D eigenvalue weighted by Crippen LogP contribution is -2.20. The summed E-state index contributed by atoms with van der Waals surface area (Å²) in [4.78, 5) is 23.2. The molecule has 0 aliphatic heterocycles. The van der Waals surface area contributed by atoms with Crippen molar-refractivity contribution in [3.63, 3.8) is 0 Å². The molecule has 0 saturated carbocycles. The molecule has 0 amide bonds. The van der Waals surface area contributed by atoms with Crippen molar-refractivity contribution in [2.75, 3.05) is 6.61 Å². The average molecular weight is 338 g/mol. The van der Waals surface area contributed by atoms with Crippen LogP contribution in [0.25, 0.3) is 0 Å². The van der Waals surface area contributed by atoms with Gasteiger partial charge in [-0.3, -0.25) is 9.59 Å². The smallest absolute Gasteiger partial charge is 0.306 e. The summed E-state index contributed by atoms with van der Waals surface area (Å²) in [7, 11) is 0. The van der Waals surface area contributed by atoms with Crippen molar-refractivity contribution in [2.24, 2.45) is 5.92 Å². The van der Waals surface area contributed by atoms with Crippen molar-refractivity contribution in [3.8, 4) is 0 Å². The van der Waals surface area contributed by atoms with Crippen molar-refractivity contribution in [1.82, 2.24) is 0 Å². The maximum Gasteiger partial charge on any atom is 0.306 e. The van der Waals surface area contributed by atoms with Crippen molar-refractivity contribution in [2.45, 2.75) is 79.8 Å². The van der Waals surface area contributed by atoms with E-state index in [2.05, 4.69) is 19.9 Å². The Hall–Kier alpha value is -1.58. The predicted octanol–water partition coefficient (Wildman–Crippen LogP) is 4.98. The Balaban J connectivity index is 3.83. The molecule has 0 aliphatic rings. The largest absolute Gasteiger partial charge is 0.462 e. The van der Waals surface area contributed by atoms with E-state index in [0.717, 1.165) is 12.8 Å². The van der Waals surface area contributed by atoms with Gasteiger partial charge in [-0.2, -0.15) is 0 Å². The molecule has 0 heterocycles. The first-order valence-corrected chi connectivity index (χ1v) is 8.86. The second kappa shape index (κ2) is 12.8. The van der Waals surface area contributed by atoms with Crippen LogP contribution in [0.1, 0.15) is 73.6 Å². The van der Waals surface area contributed by atoms with E-state index < -0.39 is 0 Å². The summed E-state index contributed by atoms with van der Waals surface area (Å²) in [6.07, 6.45) is 6.99. The fraction of sp³-hybridized carbons (Fsp3) is 0.700. The van der Waals surface area contributed by atoms with E-state index in [1.165, 1.54) is 11.1 Å². The molecule has 1 unspecified atom stereocenters. The molecule has 1 atom stereocenters. The molecule has 0 aliphatic carbocycles. The van der Waals surface area contributed by atoms with E-state index in [1.54, 1.807) is 0 Å². The zero-order chi connectivity index (χ0) is 18.5. The van der Waals surface area contributed by atoms with Crippen LogP contribution in [0.3, 0.4) is 0 Å². The van der Waals surface area contributed by atoms with Crippen LogP contribution in [0.2, 0.25) is 0 Å². The van der Waals surface area contributed by atoms with Crippen LogP contribution in [0.15, 0.2) is 23.3 Å². The van der Waals surface area contributed by atoms with Gasteiger partial charge in [0.2, 0.25) is 0 Å². The standard InChI is InChI=1S/C20H34O4/c1-15(2)9-7-10-17(5)13-14-23-19(21)11-8-12-20(22)24-18(6)16(3)4/h9,13,16,18H,7-8,10-12,14H2,1-6H3/b17-13-. The van der Waals surface area contributed by atoms with Crippen LogP contribution >= 0.6 is 0 Å². The van der Waals surface area contributed by atoms with Crippen LogP contribution in [0.4, 0.5) is 0 Å². The lowest BCUT2D eigenvalue weighted by Gasteiger charge is -2.16. The number of rotatable bonds is 11. The summed E-state index contributed by atoms with van der Waals surface area (Å²) in [5.41, 5.74) is 2.53. The molecular formula is C20H34O4. The first-order chi connectivity index (χ1) is 11.2. The van der Waals surface area contributed by atoms with Gasteiger partial charge < -0.3 is 9.47 Å². The predicted molar refractivity (Wildman–Crippen MR) is 97.6 cm³/mol. The van der Waals surface area contributed by atoms with E-state index in [-0.39, 0.29) is 30.9 Å². The van der Waals surface area contributed by atoms with Crippen LogP contribution < -0.4 is 0 Å². The Morgan fingerprint density at radius 1 is 0.917 bits per heavy atom. The minimum Gasteiger partial charge on any atom is -0.462 e. The monoisotopic (exact) mass is 338 g/mol. The van der Waals surface area contributed by atoms with Gasteiger partial charge in [0.05, 0.1) is 0 Å². The van der Waals surface area contributed by atoms with Gasteiger partial charge in [0.1, 0.15) is 12.7 Å². The van der Waals surface area contributed by atoms with Crippen molar-refractivity contribution < 1.29 is 19.1 Å². The van der Waals surface area contributed by atoms with Gasteiger partial charge >= 0.3 is 11.9 Å². The van der Waals surface area contributed by atoms with Crippen LogP contribution in [0.5, 0.6) is 0 Å². The lowest BCUT2D eigenvalue weighted by atomic mass is 10.1. The SMILES string of the molecule is CC(C)=CCC/C(C)=C\COC(=O)CCCC(=O)OC(C)C(C)C. The molecule has 0 aromatic heterocycles. The van der Waals surface area contributed by atoms with Gasteiger partial charge in [0, 0.05) is 12.8 Å². The summed E-state index contributed by atoms with van der Waals surface area (Å²) in [6.45, 7) is 12.4. The van der Waals surface area contributed by atoms with Gasteiger partial charge in [0.15, 0.2) is 0 Å². The number of carbonyl (C=O) groups excluding carboxylic acids is 2. The third kappa shape index (κ3) is 12.9. The van der Waals surface area contributed by atoms with Crippen LogP contribution in [0, 0.1) is 5.92 Å². The quantitative estimate of drug-likeness (QED) is 0.394. The van der Waals surface area contributed by atoms with Crippen molar-refractivity contribution in [3.05, 3.63) is 23.3 Å². The van der Waals surface area contributed by atoms with Crippen molar-refractivity contribution >= 4 is 11.9 Å². The number of hydrogen-bond acceptors (Lipinski definition) is 4. The third-order valence-electron chi connectivity index (χ3n) is 3.79. The third-order valence-corrected chi connectivity index (χ3v) is 3.79. The first kappa shape index (κ1) is 22.4. The van der Waals surface area contributed by atoms with E-state index in [0.29, 0.717) is 18.9 Å². The topological polar surface area (TPSA) is 52.6 Å². The molecule has 138 valence electrons. The second-order valence-electron chi connectivity index (χ2n) is 6.85. The lowest BCUT2D eigenvalue weighted by molar-refractivity contribution is -0.150. The highest BCUT2D eigenvalue weighted by molar-refractivity contribution is 5.72. The molecule has 0 aromatic rings. The number of ether oxygens (including phenoxy) is 2. The average Bonchev–Trinajstić information content (AvgIpc) is 2.46. The highest BCUT2D eigenvalue weighted by Gasteiger charge is 2.13. The molecule has 0 aromatic carbocycles. The van der Waals surface area contributed by atoms with Crippen molar-refractivity contribution in [1.29, 1.82) is 0 Å². The van der Waals surface area contributed by atoms with Crippen LogP contribution in [-0.2, 0) is 19.1 Å². The van der Waals surface area contributed by atoms with Crippen LogP contribution in [-0.4, -0.2) is 24.6 Å². The van der Waals surface area contributed by atoms with E-state index in [4.69, 9.17) is 9.47 Å². The first-order valence-electron chi connectivity index (χ1n) is 8.86. The Kier molecular flexibility index (Phi) is 12.0. The summed E-state index contributed by atoms with van der Waals surface area (Å²) in [5.74, 6) is -0.224. The Morgan fingerprint density at radius 2 is 1.54 bits per heavy atom. The highest BCUT2D eigenvalue weighted by Crippen LogP contribution is 2.09.